The van der Waals surface area contributed by atoms with Gasteiger partial charge in [-0.25, -0.2) is 0 Å². The second-order valence-corrected chi connectivity index (χ2v) is 3.32. The molecule has 0 amide bonds. The second kappa shape index (κ2) is 5.20. The first kappa shape index (κ1) is 12.8. The zero-order chi connectivity index (χ0) is 13.0. The normalized spacial score (nSPS) is 11.1. The van der Waals surface area contributed by atoms with Crippen molar-refractivity contribution in [2.24, 2.45) is 0 Å². The number of hydrogen-bond acceptors (Lipinski definition) is 5. The van der Waals surface area contributed by atoms with Crippen molar-refractivity contribution in [2.45, 2.75) is 6.92 Å². The molecule has 0 spiro atoms. The average Bonchev–Trinajstić information content (AvgIpc) is 2.30. The van der Waals surface area contributed by atoms with E-state index in [9.17, 15) is 15.2 Å². The number of aromatic hydroxyl groups is 1. The molecule has 0 fully saturated rings. The highest BCUT2D eigenvalue weighted by Crippen LogP contribution is 2.37. The quantitative estimate of drug-likeness (QED) is 0.642. The molecule has 6 nitrogen and oxygen atoms in total. The van der Waals surface area contributed by atoms with E-state index in [2.05, 4.69) is 0 Å². The fourth-order valence-corrected chi connectivity index (χ4v) is 1.29. The second-order valence-electron chi connectivity index (χ2n) is 3.32. The van der Waals surface area contributed by atoms with E-state index in [1.165, 1.54) is 39.4 Å². The highest BCUT2D eigenvalue weighted by Gasteiger charge is 2.11. The van der Waals surface area contributed by atoms with Crippen molar-refractivity contribution in [1.82, 2.24) is 0 Å². The van der Waals surface area contributed by atoms with Gasteiger partial charge >= 0.3 is 0 Å². The summed E-state index contributed by atoms with van der Waals surface area (Å²) < 4.78 is 9.88. The molecule has 1 N–H and O–H groups in total. The number of allylic oxidation sites excluding steroid dienone is 1. The fourth-order valence-electron chi connectivity index (χ4n) is 1.29. The van der Waals surface area contributed by atoms with E-state index in [0.717, 1.165) is 0 Å². The monoisotopic (exact) mass is 239 g/mol. The molecule has 0 saturated heterocycles. The van der Waals surface area contributed by atoms with Crippen LogP contribution in [0.15, 0.2) is 17.8 Å². The van der Waals surface area contributed by atoms with Gasteiger partial charge < -0.3 is 14.6 Å². The third-order valence-corrected chi connectivity index (χ3v) is 2.17. The Hall–Kier alpha value is -2.24. The van der Waals surface area contributed by atoms with Crippen LogP contribution in [0.5, 0.6) is 17.2 Å². The molecule has 92 valence electrons. The van der Waals surface area contributed by atoms with Crippen LogP contribution in [-0.2, 0) is 0 Å². The number of ether oxygens (including phenoxy) is 2. The molecule has 1 aromatic carbocycles. The maximum atomic E-state index is 10.5. The fraction of sp³-hybridized carbons (Fsp3) is 0.273. The van der Waals surface area contributed by atoms with Gasteiger partial charge in [0.05, 0.1) is 19.1 Å². The largest absolute Gasteiger partial charge is 0.502 e. The Balaban J connectivity index is 3.27. The Morgan fingerprint density at radius 3 is 2.18 bits per heavy atom. The van der Waals surface area contributed by atoms with Crippen molar-refractivity contribution in [3.63, 3.8) is 0 Å². The van der Waals surface area contributed by atoms with Gasteiger partial charge in [-0.3, -0.25) is 10.1 Å². The zero-order valence-electron chi connectivity index (χ0n) is 9.76. The van der Waals surface area contributed by atoms with Gasteiger partial charge in [-0.15, -0.1) is 0 Å². The third kappa shape index (κ3) is 2.87. The standard InChI is InChI=1S/C11H13NO5/c1-7(12(14)15)4-8-5-9(16-2)11(13)10(6-8)17-3/h4-6,13H,1-3H3/b7-4+. The summed E-state index contributed by atoms with van der Waals surface area (Å²) in [5.41, 5.74) is 0.505. The van der Waals surface area contributed by atoms with Crippen molar-refractivity contribution >= 4 is 6.08 Å². The Labute approximate surface area is 98.2 Å². The molecule has 6 heteroatoms. The lowest BCUT2D eigenvalue weighted by Crippen LogP contribution is -1.94. The maximum Gasteiger partial charge on any atom is 0.243 e. The molecule has 0 unspecified atom stereocenters. The Kier molecular flexibility index (Phi) is 3.92. The molecule has 0 bridgehead atoms. The van der Waals surface area contributed by atoms with E-state index < -0.39 is 4.92 Å². The van der Waals surface area contributed by atoms with Crippen molar-refractivity contribution in [2.75, 3.05) is 14.2 Å². The highest BCUT2D eigenvalue weighted by molar-refractivity contribution is 5.62. The van der Waals surface area contributed by atoms with Gasteiger partial charge in [-0.2, -0.15) is 0 Å². The number of phenols is 1. The molecule has 1 aromatic rings. The summed E-state index contributed by atoms with van der Waals surface area (Å²) in [6.07, 6.45) is 1.37. The third-order valence-electron chi connectivity index (χ3n) is 2.17. The first-order valence-corrected chi connectivity index (χ1v) is 4.77. The number of methoxy groups -OCH3 is 2. The van der Waals surface area contributed by atoms with Gasteiger partial charge in [0.1, 0.15) is 0 Å². The molecular weight excluding hydrogens is 226 g/mol. The molecule has 0 aliphatic carbocycles. The summed E-state index contributed by atoms with van der Waals surface area (Å²) >= 11 is 0. The van der Waals surface area contributed by atoms with Crippen LogP contribution in [-0.4, -0.2) is 24.2 Å². The lowest BCUT2D eigenvalue weighted by Gasteiger charge is -2.09. The molecule has 0 aliphatic heterocycles. The van der Waals surface area contributed by atoms with Gasteiger partial charge in [0.2, 0.25) is 11.4 Å². The molecule has 0 heterocycles. The minimum absolute atomic E-state index is 0.0141. The summed E-state index contributed by atoms with van der Waals surface area (Å²) in [5.74, 6) is 0.268. The summed E-state index contributed by atoms with van der Waals surface area (Å²) in [4.78, 5) is 10.0. The molecule has 0 saturated carbocycles. The number of rotatable bonds is 4. The van der Waals surface area contributed by atoms with Crippen LogP contribution in [0.3, 0.4) is 0 Å². The van der Waals surface area contributed by atoms with Gasteiger partial charge in [-0.1, -0.05) is 0 Å². The van der Waals surface area contributed by atoms with Crippen molar-refractivity contribution < 1.29 is 19.5 Å². The van der Waals surface area contributed by atoms with E-state index >= 15 is 0 Å². The van der Waals surface area contributed by atoms with E-state index in [0.29, 0.717) is 5.56 Å². The van der Waals surface area contributed by atoms with Crippen LogP contribution in [0, 0.1) is 10.1 Å². The first-order chi connectivity index (χ1) is 7.99. The van der Waals surface area contributed by atoms with Crippen LogP contribution in [0.1, 0.15) is 12.5 Å². The zero-order valence-corrected chi connectivity index (χ0v) is 9.76. The van der Waals surface area contributed by atoms with E-state index in [4.69, 9.17) is 9.47 Å². The van der Waals surface area contributed by atoms with Crippen LogP contribution in [0.25, 0.3) is 6.08 Å². The van der Waals surface area contributed by atoms with Crippen molar-refractivity contribution in [3.05, 3.63) is 33.5 Å². The predicted molar refractivity (Wildman–Crippen MR) is 61.9 cm³/mol. The van der Waals surface area contributed by atoms with E-state index in [1.54, 1.807) is 0 Å². The van der Waals surface area contributed by atoms with Gasteiger partial charge in [-0.05, 0) is 17.7 Å². The summed E-state index contributed by atoms with van der Waals surface area (Å²) in [6.45, 7) is 1.38. The topological polar surface area (TPSA) is 81.8 Å². The van der Waals surface area contributed by atoms with Gasteiger partial charge in [0.15, 0.2) is 11.5 Å². The lowest BCUT2D eigenvalue weighted by atomic mass is 10.1. The average molecular weight is 239 g/mol. The molecule has 0 radical (unpaired) electrons. The first-order valence-electron chi connectivity index (χ1n) is 4.77. The van der Waals surface area contributed by atoms with E-state index in [-0.39, 0.29) is 22.9 Å². The number of hydrogen-bond donors (Lipinski definition) is 1. The SMILES string of the molecule is COc1cc(/C=C(\C)[N+](=O)[O-])cc(OC)c1O. The number of nitrogens with zero attached hydrogens (tertiary/aromatic N) is 1. The predicted octanol–water partition coefficient (Wildman–Crippen LogP) is 2.05. The van der Waals surface area contributed by atoms with Crippen molar-refractivity contribution in [3.8, 4) is 17.2 Å². The number of benzene rings is 1. The molecule has 17 heavy (non-hydrogen) atoms. The molecule has 0 aromatic heterocycles. The highest BCUT2D eigenvalue weighted by atomic mass is 16.6. The maximum absolute atomic E-state index is 10.5. The Morgan fingerprint density at radius 2 is 1.82 bits per heavy atom. The minimum Gasteiger partial charge on any atom is -0.502 e. The number of phenolic OH excluding ortho intramolecular Hbond substituents is 1. The Bertz CT molecular complexity index is 442. The van der Waals surface area contributed by atoms with E-state index in [1.807, 2.05) is 0 Å². The number of nitro groups is 1. The van der Waals surface area contributed by atoms with Gasteiger partial charge in [0, 0.05) is 13.0 Å². The van der Waals surface area contributed by atoms with Crippen LogP contribution < -0.4 is 9.47 Å². The van der Waals surface area contributed by atoms with Gasteiger partial charge in [0.25, 0.3) is 0 Å². The molecule has 0 atom stereocenters. The lowest BCUT2D eigenvalue weighted by molar-refractivity contribution is -0.422. The van der Waals surface area contributed by atoms with Crippen molar-refractivity contribution in [1.29, 1.82) is 0 Å². The molecular formula is C11H13NO5. The van der Waals surface area contributed by atoms with Crippen LogP contribution in [0.4, 0.5) is 0 Å². The smallest absolute Gasteiger partial charge is 0.243 e. The summed E-state index contributed by atoms with van der Waals surface area (Å²) in [7, 11) is 2.78. The minimum atomic E-state index is -0.494. The van der Waals surface area contributed by atoms with Crippen LogP contribution >= 0.6 is 0 Å². The molecule has 1 rings (SSSR count). The Morgan fingerprint density at radius 1 is 1.35 bits per heavy atom. The van der Waals surface area contributed by atoms with Crippen LogP contribution in [0.2, 0.25) is 0 Å². The summed E-state index contributed by atoms with van der Waals surface area (Å²) in [6, 6.07) is 2.98. The molecule has 0 aliphatic rings. The summed E-state index contributed by atoms with van der Waals surface area (Å²) in [5, 5.41) is 20.2.